The van der Waals surface area contributed by atoms with Crippen molar-refractivity contribution in [2.45, 2.75) is 45.6 Å². The number of guanidine groups is 1. The van der Waals surface area contributed by atoms with E-state index in [1.807, 2.05) is 32.9 Å². The van der Waals surface area contributed by atoms with Crippen LogP contribution in [0.1, 0.15) is 39.2 Å². The SMILES string of the molecule is CN=C(NCCc1ccc2c(c1)OCO2)NCC1CCN(C(=O)OC(C)(C)C)CC1.I. The van der Waals surface area contributed by atoms with Gasteiger partial charge in [0.2, 0.25) is 6.79 Å². The summed E-state index contributed by atoms with van der Waals surface area (Å²) in [5, 5.41) is 6.77. The normalized spacial score (nSPS) is 16.5. The molecule has 8 nitrogen and oxygen atoms in total. The maximum Gasteiger partial charge on any atom is 0.410 e. The molecular weight excluding hydrogens is 511 g/mol. The van der Waals surface area contributed by atoms with E-state index in [2.05, 4.69) is 21.7 Å². The molecule has 0 saturated carbocycles. The van der Waals surface area contributed by atoms with Gasteiger partial charge in [0.1, 0.15) is 5.60 Å². The molecule has 2 heterocycles. The summed E-state index contributed by atoms with van der Waals surface area (Å²) < 4.78 is 16.2. The molecule has 1 aromatic carbocycles. The molecule has 0 aromatic heterocycles. The number of nitrogens with one attached hydrogen (secondary N) is 2. The predicted molar refractivity (Wildman–Crippen MR) is 132 cm³/mol. The first-order chi connectivity index (χ1) is 14.3. The van der Waals surface area contributed by atoms with Gasteiger partial charge in [0.05, 0.1) is 0 Å². The van der Waals surface area contributed by atoms with E-state index in [0.29, 0.717) is 12.7 Å². The first-order valence-corrected chi connectivity index (χ1v) is 10.6. The van der Waals surface area contributed by atoms with Gasteiger partial charge in [-0.15, -0.1) is 24.0 Å². The van der Waals surface area contributed by atoms with Crippen LogP contribution in [0.5, 0.6) is 11.5 Å². The first-order valence-electron chi connectivity index (χ1n) is 10.6. The number of halogens is 1. The Morgan fingerprint density at radius 1 is 1.19 bits per heavy atom. The van der Waals surface area contributed by atoms with Gasteiger partial charge in [0, 0.05) is 33.2 Å². The van der Waals surface area contributed by atoms with Crippen LogP contribution in [0.4, 0.5) is 4.79 Å². The number of hydrogen-bond donors (Lipinski definition) is 2. The lowest BCUT2D eigenvalue weighted by molar-refractivity contribution is 0.0185. The van der Waals surface area contributed by atoms with Gasteiger partial charge < -0.3 is 29.7 Å². The van der Waals surface area contributed by atoms with Crippen molar-refractivity contribution < 1.29 is 19.0 Å². The Bertz CT molecular complexity index is 758. The van der Waals surface area contributed by atoms with E-state index in [1.54, 1.807) is 11.9 Å². The van der Waals surface area contributed by atoms with E-state index >= 15 is 0 Å². The molecule has 2 aliphatic rings. The second-order valence-electron chi connectivity index (χ2n) is 8.73. The number of benzene rings is 1. The molecule has 1 saturated heterocycles. The minimum atomic E-state index is -0.450. The minimum Gasteiger partial charge on any atom is -0.454 e. The molecule has 2 N–H and O–H groups in total. The Labute approximate surface area is 202 Å². The summed E-state index contributed by atoms with van der Waals surface area (Å²) in [6, 6.07) is 6.04. The predicted octanol–water partition coefficient (Wildman–Crippen LogP) is 3.39. The van der Waals surface area contributed by atoms with E-state index in [1.165, 1.54) is 5.56 Å². The molecule has 0 unspecified atom stereocenters. The number of fused-ring (bicyclic) bond motifs is 1. The number of rotatable bonds is 5. The Hall–Kier alpha value is -1.91. The van der Waals surface area contributed by atoms with Crippen molar-refractivity contribution in [3.63, 3.8) is 0 Å². The van der Waals surface area contributed by atoms with Crippen LogP contribution >= 0.6 is 24.0 Å². The zero-order valence-electron chi connectivity index (χ0n) is 18.9. The molecule has 1 aromatic rings. The van der Waals surface area contributed by atoms with Crippen LogP contribution in [-0.2, 0) is 11.2 Å². The third kappa shape index (κ3) is 7.93. The maximum atomic E-state index is 12.2. The van der Waals surface area contributed by atoms with Crippen LogP contribution in [0, 0.1) is 5.92 Å². The van der Waals surface area contributed by atoms with E-state index in [9.17, 15) is 4.79 Å². The van der Waals surface area contributed by atoms with Gasteiger partial charge in [-0.2, -0.15) is 0 Å². The minimum absolute atomic E-state index is 0. The number of hydrogen-bond acceptors (Lipinski definition) is 5. The van der Waals surface area contributed by atoms with Crippen molar-refractivity contribution in [2.24, 2.45) is 10.9 Å². The number of ether oxygens (including phenoxy) is 3. The highest BCUT2D eigenvalue weighted by atomic mass is 127. The number of amides is 1. The monoisotopic (exact) mass is 546 g/mol. The van der Waals surface area contributed by atoms with Gasteiger partial charge >= 0.3 is 6.09 Å². The summed E-state index contributed by atoms with van der Waals surface area (Å²) in [7, 11) is 1.78. The lowest BCUT2D eigenvalue weighted by Crippen LogP contribution is -2.45. The molecule has 0 atom stereocenters. The van der Waals surface area contributed by atoms with Crippen LogP contribution in [0.3, 0.4) is 0 Å². The molecule has 3 rings (SSSR count). The van der Waals surface area contributed by atoms with Crippen molar-refractivity contribution in [1.29, 1.82) is 0 Å². The van der Waals surface area contributed by atoms with Crippen LogP contribution in [0.2, 0.25) is 0 Å². The third-order valence-corrected chi connectivity index (χ3v) is 5.19. The summed E-state index contributed by atoms with van der Waals surface area (Å²) in [5.74, 6) is 2.93. The van der Waals surface area contributed by atoms with Gasteiger partial charge in [-0.05, 0) is 63.6 Å². The quantitative estimate of drug-likeness (QED) is 0.335. The second-order valence-corrected chi connectivity index (χ2v) is 8.73. The third-order valence-electron chi connectivity index (χ3n) is 5.19. The molecule has 0 aliphatic carbocycles. The number of carbonyl (C=O) groups is 1. The van der Waals surface area contributed by atoms with Crippen molar-refractivity contribution >= 4 is 36.0 Å². The average Bonchev–Trinajstić information content (AvgIpc) is 3.17. The second kappa shape index (κ2) is 11.6. The van der Waals surface area contributed by atoms with Crippen molar-refractivity contribution in [3.05, 3.63) is 23.8 Å². The Morgan fingerprint density at radius 3 is 2.58 bits per heavy atom. The number of carbonyl (C=O) groups excluding carboxylic acids is 1. The summed E-state index contributed by atoms with van der Waals surface area (Å²) in [5.41, 5.74) is 0.741. The van der Waals surface area contributed by atoms with Gasteiger partial charge in [0.15, 0.2) is 17.5 Å². The molecule has 0 radical (unpaired) electrons. The Balaban J connectivity index is 0.00000341. The number of aliphatic imine (C=N–C) groups is 1. The van der Waals surface area contributed by atoms with E-state index in [4.69, 9.17) is 14.2 Å². The summed E-state index contributed by atoms with van der Waals surface area (Å²) in [6.07, 6.45) is 2.57. The van der Waals surface area contributed by atoms with E-state index in [0.717, 1.165) is 62.9 Å². The fraction of sp³-hybridized carbons (Fsp3) is 0.636. The van der Waals surface area contributed by atoms with Crippen molar-refractivity contribution in [2.75, 3.05) is 40.0 Å². The summed E-state index contributed by atoms with van der Waals surface area (Å²) in [4.78, 5) is 18.3. The number of nitrogens with zero attached hydrogens (tertiary/aromatic N) is 2. The molecule has 31 heavy (non-hydrogen) atoms. The van der Waals surface area contributed by atoms with Gasteiger partial charge in [-0.3, -0.25) is 4.99 Å². The van der Waals surface area contributed by atoms with E-state index < -0.39 is 5.60 Å². The fourth-order valence-electron chi connectivity index (χ4n) is 3.53. The first kappa shape index (κ1) is 25.4. The molecule has 0 spiro atoms. The van der Waals surface area contributed by atoms with Crippen LogP contribution in [0.25, 0.3) is 0 Å². The highest BCUT2D eigenvalue weighted by Crippen LogP contribution is 2.32. The lowest BCUT2D eigenvalue weighted by atomic mass is 9.97. The fourth-order valence-corrected chi connectivity index (χ4v) is 3.53. The number of piperidine rings is 1. The largest absolute Gasteiger partial charge is 0.454 e. The Kier molecular flexibility index (Phi) is 9.52. The van der Waals surface area contributed by atoms with Gasteiger partial charge in [-0.25, -0.2) is 4.79 Å². The number of likely N-dealkylation sites (tertiary alicyclic amines) is 1. The van der Waals surface area contributed by atoms with Gasteiger partial charge in [0.25, 0.3) is 0 Å². The molecular formula is C22H35IN4O4. The smallest absolute Gasteiger partial charge is 0.410 e. The zero-order chi connectivity index (χ0) is 21.6. The summed E-state index contributed by atoms with van der Waals surface area (Å²) >= 11 is 0. The van der Waals surface area contributed by atoms with Gasteiger partial charge in [-0.1, -0.05) is 6.07 Å². The average molecular weight is 546 g/mol. The maximum absolute atomic E-state index is 12.2. The standard InChI is InChI=1S/C22H34N4O4.HI/c1-22(2,3)30-21(27)26-11-8-17(9-12-26)14-25-20(23-4)24-10-7-16-5-6-18-19(13-16)29-15-28-18;/h5-6,13,17H,7-12,14-15H2,1-4H3,(H2,23,24,25);1H. The van der Waals surface area contributed by atoms with E-state index in [-0.39, 0.29) is 30.1 Å². The van der Waals surface area contributed by atoms with Crippen LogP contribution in [0.15, 0.2) is 23.2 Å². The highest BCUT2D eigenvalue weighted by molar-refractivity contribution is 14.0. The molecule has 9 heteroatoms. The molecule has 1 fully saturated rings. The molecule has 2 aliphatic heterocycles. The van der Waals surface area contributed by atoms with Crippen LogP contribution in [-0.4, -0.2) is 62.6 Å². The van der Waals surface area contributed by atoms with Crippen molar-refractivity contribution in [1.82, 2.24) is 15.5 Å². The van der Waals surface area contributed by atoms with Crippen molar-refractivity contribution in [3.8, 4) is 11.5 Å². The molecule has 1 amide bonds. The summed E-state index contributed by atoms with van der Waals surface area (Å²) in [6.45, 7) is 9.06. The Morgan fingerprint density at radius 2 is 1.90 bits per heavy atom. The molecule has 0 bridgehead atoms. The molecule has 174 valence electrons. The lowest BCUT2D eigenvalue weighted by Gasteiger charge is -2.33. The zero-order valence-corrected chi connectivity index (χ0v) is 21.2. The van der Waals surface area contributed by atoms with Crippen LogP contribution < -0.4 is 20.1 Å². The topological polar surface area (TPSA) is 84.4 Å². The highest BCUT2D eigenvalue weighted by Gasteiger charge is 2.26.